The molecule has 0 saturated carbocycles. The predicted octanol–water partition coefficient (Wildman–Crippen LogP) is 3.21. The zero-order chi connectivity index (χ0) is 18.0. The van der Waals surface area contributed by atoms with Crippen molar-refractivity contribution in [2.24, 2.45) is 0 Å². The average Bonchev–Trinajstić information content (AvgIpc) is 2.58. The molecule has 0 spiro atoms. The zero-order valence-corrected chi connectivity index (χ0v) is 14.2. The van der Waals surface area contributed by atoms with Crippen molar-refractivity contribution in [1.82, 2.24) is 9.55 Å². The van der Waals surface area contributed by atoms with E-state index in [9.17, 15) is 9.59 Å². The number of halogens is 2. The minimum absolute atomic E-state index is 0.216. The maximum atomic E-state index is 12.4. The van der Waals surface area contributed by atoms with Crippen molar-refractivity contribution in [3.8, 4) is 6.07 Å². The number of nitrogens with zero attached hydrogens (tertiary/aromatic N) is 3. The van der Waals surface area contributed by atoms with Crippen LogP contribution in [0.25, 0.3) is 10.9 Å². The molecule has 0 bridgehead atoms. The Balaban J connectivity index is 1.83. The van der Waals surface area contributed by atoms with Gasteiger partial charge in [0.25, 0.3) is 5.56 Å². The molecule has 3 rings (SSSR count). The summed E-state index contributed by atoms with van der Waals surface area (Å²) in [5.74, 6) is -0.425. The SMILES string of the molecule is N#Cc1ccc(NC(=O)Cn2cnc3ccc(Cl)cc3c2=O)cc1Cl. The number of carbonyl (C=O) groups is 1. The van der Waals surface area contributed by atoms with Gasteiger partial charge in [0.15, 0.2) is 0 Å². The van der Waals surface area contributed by atoms with Crippen molar-refractivity contribution in [1.29, 1.82) is 5.26 Å². The molecule has 0 atom stereocenters. The molecule has 124 valence electrons. The molecule has 2 aromatic carbocycles. The van der Waals surface area contributed by atoms with Gasteiger partial charge in [0.1, 0.15) is 12.6 Å². The molecule has 0 saturated heterocycles. The van der Waals surface area contributed by atoms with Gasteiger partial charge in [-0.3, -0.25) is 14.2 Å². The molecule has 0 unspecified atom stereocenters. The summed E-state index contributed by atoms with van der Waals surface area (Å²) in [6.07, 6.45) is 1.31. The van der Waals surface area contributed by atoms with Gasteiger partial charge < -0.3 is 5.32 Å². The van der Waals surface area contributed by atoms with Gasteiger partial charge in [-0.1, -0.05) is 23.2 Å². The summed E-state index contributed by atoms with van der Waals surface area (Å²) in [5.41, 5.74) is 0.885. The Hall–Kier alpha value is -2.88. The normalized spacial score (nSPS) is 10.4. The maximum Gasteiger partial charge on any atom is 0.261 e. The van der Waals surface area contributed by atoms with Crippen LogP contribution in [0.5, 0.6) is 0 Å². The Morgan fingerprint density at radius 3 is 2.76 bits per heavy atom. The molecule has 1 N–H and O–H groups in total. The van der Waals surface area contributed by atoms with E-state index in [4.69, 9.17) is 28.5 Å². The van der Waals surface area contributed by atoms with E-state index in [0.717, 1.165) is 0 Å². The summed E-state index contributed by atoms with van der Waals surface area (Å²) < 4.78 is 1.19. The molecular formula is C17H10Cl2N4O2. The highest BCUT2D eigenvalue weighted by atomic mass is 35.5. The summed E-state index contributed by atoms with van der Waals surface area (Å²) in [6, 6.07) is 11.3. The Kier molecular flexibility index (Phi) is 4.70. The molecule has 1 amide bonds. The Morgan fingerprint density at radius 2 is 2.04 bits per heavy atom. The smallest absolute Gasteiger partial charge is 0.261 e. The van der Waals surface area contributed by atoms with E-state index in [1.807, 2.05) is 6.07 Å². The van der Waals surface area contributed by atoms with Crippen LogP contribution in [0.1, 0.15) is 5.56 Å². The first-order valence-corrected chi connectivity index (χ1v) is 7.88. The van der Waals surface area contributed by atoms with Gasteiger partial charge >= 0.3 is 0 Å². The first-order chi connectivity index (χ1) is 12.0. The van der Waals surface area contributed by atoms with Crippen LogP contribution in [0.2, 0.25) is 10.0 Å². The van der Waals surface area contributed by atoms with E-state index in [2.05, 4.69) is 10.3 Å². The van der Waals surface area contributed by atoms with Crippen molar-refractivity contribution < 1.29 is 4.79 Å². The van der Waals surface area contributed by atoms with E-state index in [1.54, 1.807) is 18.2 Å². The largest absolute Gasteiger partial charge is 0.324 e. The summed E-state index contributed by atoms with van der Waals surface area (Å²) in [5, 5.41) is 12.5. The standard InChI is InChI=1S/C17H10Cl2N4O2/c18-11-2-4-15-13(5-11)17(25)23(9-21-15)8-16(24)22-12-3-1-10(7-20)14(19)6-12/h1-6,9H,8H2,(H,22,24). The van der Waals surface area contributed by atoms with Gasteiger partial charge in [-0.2, -0.15) is 5.26 Å². The molecule has 0 radical (unpaired) electrons. The highest BCUT2D eigenvalue weighted by molar-refractivity contribution is 6.32. The molecule has 0 aliphatic heterocycles. The van der Waals surface area contributed by atoms with E-state index in [-0.39, 0.29) is 17.1 Å². The number of nitrogens with one attached hydrogen (secondary N) is 1. The fourth-order valence-corrected chi connectivity index (χ4v) is 2.68. The van der Waals surface area contributed by atoms with Crippen molar-refractivity contribution in [2.45, 2.75) is 6.54 Å². The lowest BCUT2D eigenvalue weighted by Crippen LogP contribution is -2.27. The van der Waals surface area contributed by atoms with Crippen LogP contribution >= 0.6 is 23.2 Å². The monoisotopic (exact) mass is 372 g/mol. The number of benzene rings is 2. The molecule has 3 aromatic rings. The van der Waals surface area contributed by atoms with Crippen LogP contribution in [0.15, 0.2) is 47.5 Å². The van der Waals surface area contributed by atoms with E-state index < -0.39 is 5.91 Å². The number of fused-ring (bicyclic) bond motifs is 1. The van der Waals surface area contributed by atoms with Gasteiger partial charge in [-0.15, -0.1) is 0 Å². The van der Waals surface area contributed by atoms with E-state index in [1.165, 1.54) is 29.1 Å². The van der Waals surface area contributed by atoms with Gasteiger partial charge in [0.2, 0.25) is 5.91 Å². The fourth-order valence-electron chi connectivity index (χ4n) is 2.28. The van der Waals surface area contributed by atoms with Crippen LogP contribution in [-0.2, 0) is 11.3 Å². The summed E-state index contributed by atoms with van der Waals surface area (Å²) in [4.78, 5) is 28.8. The fraction of sp³-hybridized carbons (Fsp3) is 0.0588. The summed E-state index contributed by atoms with van der Waals surface area (Å²) in [7, 11) is 0. The summed E-state index contributed by atoms with van der Waals surface area (Å²) >= 11 is 11.8. The number of nitriles is 1. The third-order valence-electron chi connectivity index (χ3n) is 3.47. The van der Waals surface area contributed by atoms with Crippen LogP contribution < -0.4 is 10.9 Å². The Labute approximate surface area is 152 Å². The van der Waals surface area contributed by atoms with Gasteiger partial charge in [0.05, 0.1) is 27.8 Å². The van der Waals surface area contributed by atoms with Gasteiger partial charge in [0, 0.05) is 10.7 Å². The average molecular weight is 373 g/mol. The number of rotatable bonds is 3. The van der Waals surface area contributed by atoms with E-state index >= 15 is 0 Å². The minimum Gasteiger partial charge on any atom is -0.324 e. The highest BCUT2D eigenvalue weighted by Crippen LogP contribution is 2.20. The third-order valence-corrected chi connectivity index (χ3v) is 4.02. The number of carbonyl (C=O) groups excluding carboxylic acids is 1. The van der Waals surface area contributed by atoms with Crippen LogP contribution in [0, 0.1) is 11.3 Å². The molecule has 0 fully saturated rings. The lowest BCUT2D eigenvalue weighted by atomic mass is 10.2. The zero-order valence-electron chi connectivity index (χ0n) is 12.7. The number of amides is 1. The van der Waals surface area contributed by atoms with Crippen molar-refractivity contribution >= 4 is 45.7 Å². The lowest BCUT2D eigenvalue weighted by molar-refractivity contribution is -0.116. The molecule has 0 aliphatic carbocycles. The second-order valence-corrected chi connectivity index (χ2v) is 6.04. The second kappa shape index (κ2) is 6.93. The van der Waals surface area contributed by atoms with Crippen LogP contribution in [0.3, 0.4) is 0 Å². The molecular weight excluding hydrogens is 363 g/mol. The molecule has 1 heterocycles. The van der Waals surface area contributed by atoms with Crippen LogP contribution in [0.4, 0.5) is 5.69 Å². The molecule has 8 heteroatoms. The Morgan fingerprint density at radius 1 is 1.24 bits per heavy atom. The van der Waals surface area contributed by atoms with Crippen molar-refractivity contribution in [2.75, 3.05) is 5.32 Å². The maximum absolute atomic E-state index is 12.4. The second-order valence-electron chi connectivity index (χ2n) is 5.19. The Bertz CT molecular complexity index is 1090. The first kappa shape index (κ1) is 17.0. The quantitative estimate of drug-likeness (QED) is 0.764. The lowest BCUT2D eigenvalue weighted by Gasteiger charge is -2.09. The first-order valence-electron chi connectivity index (χ1n) is 7.12. The van der Waals surface area contributed by atoms with Gasteiger partial charge in [-0.25, -0.2) is 4.98 Å². The minimum atomic E-state index is -0.425. The van der Waals surface area contributed by atoms with Crippen molar-refractivity contribution in [3.05, 3.63) is 68.7 Å². The molecule has 1 aromatic heterocycles. The molecule has 6 nitrogen and oxygen atoms in total. The molecule has 0 aliphatic rings. The number of hydrogen-bond acceptors (Lipinski definition) is 4. The number of aromatic nitrogens is 2. The van der Waals surface area contributed by atoms with Crippen LogP contribution in [-0.4, -0.2) is 15.5 Å². The predicted molar refractivity (Wildman–Crippen MR) is 95.8 cm³/mol. The summed E-state index contributed by atoms with van der Waals surface area (Å²) in [6.45, 7) is -0.216. The number of hydrogen-bond donors (Lipinski definition) is 1. The van der Waals surface area contributed by atoms with Crippen molar-refractivity contribution in [3.63, 3.8) is 0 Å². The third kappa shape index (κ3) is 3.63. The molecule has 25 heavy (non-hydrogen) atoms. The van der Waals surface area contributed by atoms with Gasteiger partial charge in [-0.05, 0) is 36.4 Å². The topological polar surface area (TPSA) is 87.8 Å². The van der Waals surface area contributed by atoms with E-state index in [0.29, 0.717) is 27.2 Å². The highest BCUT2D eigenvalue weighted by Gasteiger charge is 2.10. The number of anilines is 1.